The average molecular weight is 310 g/mol. The zero-order valence-electron chi connectivity index (χ0n) is 13.4. The topological polar surface area (TPSA) is 70.6 Å². The van der Waals surface area contributed by atoms with E-state index in [1.54, 1.807) is 0 Å². The fourth-order valence-electron chi connectivity index (χ4n) is 3.52. The van der Waals surface area contributed by atoms with Crippen molar-refractivity contribution in [3.63, 3.8) is 0 Å². The van der Waals surface area contributed by atoms with E-state index in [0.717, 1.165) is 31.3 Å². The molecule has 0 bridgehead atoms. The van der Waals surface area contributed by atoms with Crippen LogP contribution in [0, 0.1) is 17.8 Å². The van der Waals surface area contributed by atoms with Gasteiger partial charge in [-0.05, 0) is 56.3 Å². The van der Waals surface area contributed by atoms with Gasteiger partial charge >= 0.3 is 6.03 Å². The van der Waals surface area contributed by atoms with Gasteiger partial charge < -0.3 is 20.5 Å². The Hall–Kier alpha value is -0.810. The first-order chi connectivity index (χ1) is 10.7. The lowest BCUT2D eigenvalue weighted by Crippen LogP contribution is -2.46. The molecule has 3 aliphatic rings. The highest BCUT2D eigenvalue weighted by Crippen LogP contribution is 2.43. The molecule has 3 atom stereocenters. The van der Waals surface area contributed by atoms with E-state index >= 15 is 0 Å². The molecule has 3 saturated carbocycles. The lowest BCUT2D eigenvalue weighted by atomic mass is 9.83. The van der Waals surface area contributed by atoms with Crippen molar-refractivity contribution in [1.82, 2.24) is 10.6 Å². The van der Waals surface area contributed by atoms with Crippen molar-refractivity contribution in [1.29, 1.82) is 0 Å². The van der Waals surface area contributed by atoms with Crippen molar-refractivity contribution < 1.29 is 14.6 Å². The maximum absolute atomic E-state index is 11.9. The first-order valence-corrected chi connectivity index (χ1v) is 9.01. The number of carbonyl (C=O) groups excluding carboxylic acids is 1. The zero-order valence-corrected chi connectivity index (χ0v) is 13.4. The lowest BCUT2D eigenvalue weighted by Gasteiger charge is -2.30. The van der Waals surface area contributed by atoms with E-state index in [9.17, 15) is 9.90 Å². The first kappa shape index (κ1) is 16.1. The maximum Gasteiger partial charge on any atom is 0.315 e. The number of amides is 2. The van der Waals surface area contributed by atoms with Crippen molar-refractivity contribution in [3.05, 3.63) is 0 Å². The van der Waals surface area contributed by atoms with E-state index in [4.69, 9.17) is 4.74 Å². The van der Waals surface area contributed by atoms with E-state index in [-0.39, 0.29) is 12.6 Å². The minimum absolute atomic E-state index is 0.150. The van der Waals surface area contributed by atoms with Gasteiger partial charge in [-0.15, -0.1) is 0 Å². The Morgan fingerprint density at radius 3 is 2.68 bits per heavy atom. The summed E-state index contributed by atoms with van der Waals surface area (Å²) in [6, 6.07) is 0.158. The van der Waals surface area contributed by atoms with Crippen LogP contribution in [-0.4, -0.2) is 43.0 Å². The molecule has 3 N–H and O–H groups in total. The maximum atomic E-state index is 11.9. The molecule has 22 heavy (non-hydrogen) atoms. The molecule has 3 unspecified atom stereocenters. The van der Waals surface area contributed by atoms with Gasteiger partial charge in [0, 0.05) is 19.2 Å². The zero-order chi connectivity index (χ0) is 15.4. The van der Waals surface area contributed by atoms with Gasteiger partial charge in [0.1, 0.15) is 0 Å². The van der Waals surface area contributed by atoms with Crippen LogP contribution in [0.5, 0.6) is 0 Å². The van der Waals surface area contributed by atoms with Crippen LogP contribution in [0.25, 0.3) is 0 Å². The van der Waals surface area contributed by atoms with E-state index < -0.39 is 6.10 Å². The highest BCUT2D eigenvalue weighted by Gasteiger charge is 2.35. The Morgan fingerprint density at radius 1 is 1.14 bits per heavy atom. The average Bonchev–Trinajstić information content (AvgIpc) is 3.38. The number of aliphatic hydroxyl groups excluding tert-OH is 1. The molecule has 126 valence electrons. The second kappa shape index (κ2) is 7.64. The lowest BCUT2D eigenvalue weighted by molar-refractivity contribution is 0.0336. The number of hydrogen-bond acceptors (Lipinski definition) is 3. The largest absolute Gasteiger partial charge is 0.389 e. The minimum Gasteiger partial charge on any atom is -0.389 e. The van der Waals surface area contributed by atoms with E-state index in [2.05, 4.69) is 10.6 Å². The fraction of sp³-hybridized carbons (Fsp3) is 0.941. The SMILES string of the molecule is O=C(NCC(O)COCC1CC1)NC1CCCC(C2CC2)C1. The van der Waals surface area contributed by atoms with Crippen molar-refractivity contribution in [3.8, 4) is 0 Å². The van der Waals surface area contributed by atoms with Crippen LogP contribution >= 0.6 is 0 Å². The van der Waals surface area contributed by atoms with E-state index in [1.165, 1.54) is 38.5 Å². The second-order valence-electron chi connectivity index (χ2n) is 7.45. The number of urea groups is 1. The Labute approximate surface area is 133 Å². The molecule has 0 radical (unpaired) electrons. The predicted molar refractivity (Wildman–Crippen MR) is 84.6 cm³/mol. The van der Waals surface area contributed by atoms with Crippen molar-refractivity contribution in [2.75, 3.05) is 19.8 Å². The number of rotatable bonds is 8. The third kappa shape index (κ3) is 5.43. The van der Waals surface area contributed by atoms with Gasteiger partial charge in [0.15, 0.2) is 0 Å². The van der Waals surface area contributed by atoms with Crippen LogP contribution in [0.4, 0.5) is 4.79 Å². The molecule has 3 aliphatic carbocycles. The molecule has 0 saturated heterocycles. The molecule has 0 aromatic heterocycles. The van der Waals surface area contributed by atoms with Crippen LogP contribution in [0.15, 0.2) is 0 Å². The van der Waals surface area contributed by atoms with Crippen LogP contribution in [0.3, 0.4) is 0 Å². The van der Waals surface area contributed by atoms with Crippen LogP contribution in [0.1, 0.15) is 51.4 Å². The van der Waals surface area contributed by atoms with Gasteiger partial charge in [-0.25, -0.2) is 4.79 Å². The number of carbonyl (C=O) groups is 1. The summed E-state index contributed by atoms with van der Waals surface area (Å²) in [7, 11) is 0. The highest BCUT2D eigenvalue weighted by molar-refractivity contribution is 5.74. The predicted octanol–water partition coefficient (Wildman–Crippen LogP) is 2.04. The van der Waals surface area contributed by atoms with Gasteiger partial charge in [0.2, 0.25) is 0 Å². The quantitative estimate of drug-likeness (QED) is 0.642. The summed E-state index contributed by atoms with van der Waals surface area (Å²) in [5.41, 5.74) is 0. The van der Waals surface area contributed by atoms with Crippen molar-refractivity contribution in [2.24, 2.45) is 17.8 Å². The standard InChI is InChI=1S/C17H30N2O3/c20-16(11-22-10-12-4-5-12)9-18-17(21)19-15-3-1-2-14(8-15)13-6-7-13/h12-16,20H,1-11H2,(H2,18,19,21). The molecule has 0 spiro atoms. The number of nitrogens with one attached hydrogen (secondary N) is 2. The molecule has 0 heterocycles. The number of aliphatic hydroxyl groups is 1. The summed E-state index contributed by atoms with van der Waals surface area (Å²) in [5.74, 6) is 2.45. The molecule has 5 nitrogen and oxygen atoms in total. The molecular formula is C17H30N2O3. The number of hydrogen-bond donors (Lipinski definition) is 3. The summed E-state index contributed by atoms with van der Waals surface area (Å²) in [5, 5.41) is 15.6. The smallest absolute Gasteiger partial charge is 0.315 e. The van der Waals surface area contributed by atoms with Gasteiger partial charge in [0.05, 0.1) is 12.7 Å². The Kier molecular flexibility index (Phi) is 5.58. The molecule has 0 aliphatic heterocycles. The molecule has 0 aromatic rings. The third-order valence-corrected chi connectivity index (χ3v) is 5.20. The minimum atomic E-state index is -0.616. The second-order valence-corrected chi connectivity index (χ2v) is 7.45. The van der Waals surface area contributed by atoms with Crippen LogP contribution < -0.4 is 10.6 Å². The van der Waals surface area contributed by atoms with Gasteiger partial charge in [-0.2, -0.15) is 0 Å². The highest BCUT2D eigenvalue weighted by atomic mass is 16.5. The third-order valence-electron chi connectivity index (χ3n) is 5.20. The summed E-state index contributed by atoms with van der Waals surface area (Å²) in [4.78, 5) is 11.9. The normalized spacial score (nSPS) is 29.9. The van der Waals surface area contributed by atoms with Gasteiger partial charge in [-0.1, -0.05) is 12.8 Å². The molecule has 5 heteroatoms. The summed E-state index contributed by atoms with van der Waals surface area (Å²) < 4.78 is 5.43. The Balaban J connectivity index is 1.26. The summed E-state index contributed by atoms with van der Waals surface area (Å²) >= 11 is 0. The molecular weight excluding hydrogens is 280 g/mol. The first-order valence-electron chi connectivity index (χ1n) is 9.01. The van der Waals surface area contributed by atoms with Gasteiger partial charge in [-0.3, -0.25) is 0 Å². The van der Waals surface area contributed by atoms with Gasteiger partial charge in [0.25, 0.3) is 0 Å². The van der Waals surface area contributed by atoms with E-state index in [1.807, 2.05) is 0 Å². The molecule has 3 fully saturated rings. The van der Waals surface area contributed by atoms with Crippen molar-refractivity contribution >= 4 is 6.03 Å². The number of ether oxygens (including phenoxy) is 1. The monoisotopic (exact) mass is 310 g/mol. The fourth-order valence-corrected chi connectivity index (χ4v) is 3.52. The Morgan fingerprint density at radius 2 is 1.95 bits per heavy atom. The molecule has 3 rings (SSSR count). The van der Waals surface area contributed by atoms with E-state index in [0.29, 0.717) is 18.6 Å². The molecule has 0 aromatic carbocycles. The van der Waals surface area contributed by atoms with Crippen LogP contribution in [0.2, 0.25) is 0 Å². The van der Waals surface area contributed by atoms with Crippen LogP contribution in [-0.2, 0) is 4.74 Å². The summed E-state index contributed by atoms with van der Waals surface area (Å²) in [6.07, 6.45) is 9.43. The Bertz CT molecular complexity index is 369. The van der Waals surface area contributed by atoms with Crippen molar-refractivity contribution in [2.45, 2.75) is 63.5 Å². The summed E-state index contributed by atoms with van der Waals surface area (Å²) in [6.45, 7) is 1.31. The molecule has 2 amide bonds.